The summed E-state index contributed by atoms with van der Waals surface area (Å²) >= 11 is 0. The lowest BCUT2D eigenvalue weighted by atomic mass is 9.96. The molecule has 19 heteroatoms. The summed E-state index contributed by atoms with van der Waals surface area (Å²) in [5, 5.41) is 121. The molecule has 634 valence electrons. The van der Waals surface area contributed by atoms with Gasteiger partial charge in [-0.05, 0) is 64.2 Å². The summed E-state index contributed by atoms with van der Waals surface area (Å²) in [5.74, 6) is -0.278. The molecule has 19 nitrogen and oxygen atoms in total. The van der Waals surface area contributed by atoms with E-state index in [0.29, 0.717) is 12.8 Å². The summed E-state index contributed by atoms with van der Waals surface area (Å²) in [6.07, 6.45) is 62.8. The van der Waals surface area contributed by atoms with Crippen molar-refractivity contribution in [2.75, 3.05) is 26.4 Å². The van der Waals surface area contributed by atoms with Crippen LogP contribution in [-0.2, 0) is 33.2 Å². The van der Waals surface area contributed by atoms with Crippen LogP contribution in [0.15, 0.2) is 48.6 Å². The van der Waals surface area contributed by atoms with Gasteiger partial charge in [0.05, 0.1) is 38.6 Å². The molecule has 0 spiro atoms. The highest BCUT2D eigenvalue weighted by Crippen LogP contribution is 2.34. The van der Waals surface area contributed by atoms with E-state index in [1.54, 1.807) is 6.08 Å². The van der Waals surface area contributed by atoms with Gasteiger partial charge in [-0.3, -0.25) is 4.79 Å². The maximum absolute atomic E-state index is 13.5. The van der Waals surface area contributed by atoms with Crippen molar-refractivity contribution in [1.29, 1.82) is 0 Å². The molecular formula is C89H165NO18. The fraction of sp³-hybridized carbons (Fsp3) is 0.899. The topological polar surface area (TPSA) is 307 Å². The molecule has 12 N–H and O–H groups in total. The molecule has 17 atom stereocenters. The van der Waals surface area contributed by atoms with E-state index in [0.717, 1.165) is 44.9 Å². The third-order valence-electron chi connectivity index (χ3n) is 22.3. The smallest absolute Gasteiger partial charge is 0.220 e. The first-order valence-electron chi connectivity index (χ1n) is 44.9. The fourth-order valence-electron chi connectivity index (χ4n) is 15.2. The lowest BCUT2D eigenvalue weighted by Crippen LogP contribution is -2.66. The van der Waals surface area contributed by atoms with Gasteiger partial charge >= 0.3 is 0 Å². The van der Waals surface area contributed by atoms with Gasteiger partial charge in [-0.15, -0.1) is 0 Å². The molecule has 3 rings (SSSR count). The number of carbonyl (C=O) groups is 1. The Labute approximate surface area is 656 Å². The molecule has 108 heavy (non-hydrogen) atoms. The summed E-state index contributed by atoms with van der Waals surface area (Å²) in [4.78, 5) is 13.5. The number of unbranched alkanes of at least 4 members (excludes halogenated alkanes) is 51. The highest BCUT2D eigenvalue weighted by Gasteiger charge is 2.54. The molecule has 0 aromatic rings. The van der Waals surface area contributed by atoms with Crippen molar-refractivity contribution in [3.63, 3.8) is 0 Å². The first-order valence-corrected chi connectivity index (χ1v) is 44.9. The Hall–Kier alpha value is -2.25. The number of aliphatic hydroxyl groups is 11. The Morgan fingerprint density at radius 3 is 0.981 bits per heavy atom. The van der Waals surface area contributed by atoms with Crippen molar-refractivity contribution in [3.05, 3.63) is 48.6 Å². The van der Waals surface area contributed by atoms with Gasteiger partial charge in [0, 0.05) is 6.42 Å². The van der Waals surface area contributed by atoms with Gasteiger partial charge in [-0.1, -0.05) is 358 Å². The predicted octanol–water partition coefficient (Wildman–Crippen LogP) is 16.8. The third kappa shape index (κ3) is 47.6. The second-order valence-corrected chi connectivity index (χ2v) is 32.1. The Bertz CT molecular complexity index is 2130. The van der Waals surface area contributed by atoms with Crippen LogP contribution in [0.2, 0.25) is 0 Å². The van der Waals surface area contributed by atoms with Crippen molar-refractivity contribution in [3.8, 4) is 0 Å². The van der Waals surface area contributed by atoms with Crippen molar-refractivity contribution in [1.82, 2.24) is 5.32 Å². The lowest BCUT2D eigenvalue weighted by molar-refractivity contribution is -0.379. The molecule has 0 bridgehead atoms. The highest BCUT2D eigenvalue weighted by atomic mass is 16.8. The largest absolute Gasteiger partial charge is 0.394 e. The zero-order valence-corrected chi connectivity index (χ0v) is 68.3. The molecular weight excluding hydrogens is 1370 g/mol. The summed E-state index contributed by atoms with van der Waals surface area (Å²) in [6.45, 7) is 1.77. The molecule has 17 unspecified atom stereocenters. The number of hydrogen-bond donors (Lipinski definition) is 12. The number of allylic oxidation sites excluding steroid dienone is 7. The van der Waals surface area contributed by atoms with E-state index in [2.05, 4.69) is 55.6 Å². The first kappa shape index (κ1) is 99.9. The van der Waals surface area contributed by atoms with Crippen LogP contribution in [0.1, 0.15) is 380 Å². The average molecular weight is 1540 g/mol. The molecule has 0 aliphatic carbocycles. The minimum atomic E-state index is -1.98. The zero-order valence-electron chi connectivity index (χ0n) is 68.3. The quantitative estimate of drug-likeness (QED) is 0.0199. The van der Waals surface area contributed by atoms with Crippen molar-refractivity contribution in [2.45, 2.75) is 484 Å². The van der Waals surface area contributed by atoms with E-state index in [1.165, 1.54) is 302 Å². The van der Waals surface area contributed by atoms with Crippen molar-refractivity contribution in [2.24, 2.45) is 0 Å². The minimum Gasteiger partial charge on any atom is -0.394 e. The fourth-order valence-corrected chi connectivity index (χ4v) is 15.2. The highest BCUT2D eigenvalue weighted by molar-refractivity contribution is 5.76. The van der Waals surface area contributed by atoms with Crippen LogP contribution in [-0.4, -0.2) is 193 Å². The maximum Gasteiger partial charge on any atom is 0.220 e. The van der Waals surface area contributed by atoms with Gasteiger partial charge in [0.25, 0.3) is 0 Å². The summed E-state index contributed by atoms with van der Waals surface area (Å²) in [5.41, 5.74) is 0. The van der Waals surface area contributed by atoms with Gasteiger partial charge < -0.3 is 89.9 Å². The first-order chi connectivity index (χ1) is 52.8. The average Bonchev–Trinajstić information content (AvgIpc) is 0.775. The number of hydrogen-bond acceptors (Lipinski definition) is 18. The number of nitrogens with one attached hydrogen (secondary N) is 1. The van der Waals surface area contributed by atoms with Gasteiger partial charge in [-0.2, -0.15) is 0 Å². The van der Waals surface area contributed by atoms with E-state index < -0.39 is 124 Å². The molecule has 0 aromatic carbocycles. The van der Waals surface area contributed by atoms with E-state index in [-0.39, 0.29) is 18.9 Å². The SMILES string of the molecule is CCCCCCC/C=C\C/C=C\CCCCCCCCCCCCCCCCCCCCCCCCCCCCCC(=O)NC(COC1OC(CO)C(OC2OC(CO)C(OC3OC(CO)C(O)C(O)C3O)C(O)C2O)C(O)C1O)C(O)/C=C/CC/C=C/CCCCCCCCCCCCCCCCCCCC. The van der Waals surface area contributed by atoms with E-state index >= 15 is 0 Å². The van der Waals surface area contributed by atoms with Gasteiger partial charge in [0.1, 0.15) is 73.2 Å². The maximum atomic E-state index is 13.5. The summed E-state index contributed by atoms with van der Waals surface area (Å²) in [7, 11) is 0. The minimum absolute atomic E-state index is 0.239. The van der Waals surface area contributed by atoms with Crippen LogP contribution in [0.4, 0.5) is 0 Å². The van der Waals surface area contributed by atoms with Crippen LogP contribution in [0.25, 0.3) is 0 Å². The van der Waals surface area contributed by atoms with Crippen LogP contribution >= 0.6 is 0 Å². The number of ether oxygens (including phenoxy) is 6. The Kier molecular flexibility index (Phi) is 63.9. The summed E-state index contributed by atoms with van der Waals surface area (Å²) in [6, 6.07) is -0.991. The number of amides is 1. The molecule has 0 aromatic heterocycles. The Morgan fingerprint density at radius 2 is 0.620 bits per heavy atom. The Morgan fingerprint density at radius 1 is 0.333 bits per heavy atom. The molecule has 0 radical (unpaired) electrons. The molecule has 1 amide bonds. The van der Waals surface area contributed by atoms with Crippen molar-refractivity contribution >= 4 is 5.91 Å². The molecule has 3 saturated heterocycles. The van der Waals surface area contributed by atoms with Crippen LogP contribution in [0, 0.1) is 0 Å². The van der Waals surface area contributed by atoms with E-state index in [1.807, 2.05) is 6.08 Å². The predicted molar refractivity (Wildman–Crippen MR) is 434 cm³/mol. The zero-order chi connectivity index (χ0) is 78.1. The standard InChI is InChI=1S/C89H165NO18/c1-3-5-7-9-11-13-15-17-19-21-23-25-27-29-30-31-32-33-34-35-36-37-38-39-40-41-42-43-45-47-49-51-53-55-57-59-61-63-65-67-77(95)90-72(73(94)66-64-62-60-58-56-54-52-50-48-46-44-28-26-24-22-20-18-16-14-12-10-8-6-4-2)71-103-87-83(101)80(98)85(75(69-92)105-87)108-89-84(102)81(99)86(76(70-93)106-89)107-88-82(100)79(97)78(96)74(68-91)104-88/h15,17,21,23,56,58,64,66,72-76,78-89,91-94,96-102H,3-14,16,18-20,22,24-55,57,59-63,65,67-71H2,1-2H3,(H,90,95)/b17-15-,23-21-,58-56+,66-64+. The number of carbonyl (C=O) groups excluding carboxylic acids is 1. The normalized spacial score (nSPS) is 25.6. The van der Waals surface area contributed by atoms with Gasteiger partial charge in [0.15, 0.2) is 18.9 Å². The second kappa shape index (κ2) is 69.1. The van der Waals surface area contributed by atoms with Crippen LogP contribution in [0.3, 0.4) is 0 Å². The van der Waals surface area contributed by atoms with Crippen LogP contribution < -0.4 is 5.32 Å². The molecule has 0 saturated carbocycles. The molecule has 3 fully saturated rings. The second-order valence-electron chi connectivity index (χ2n) is 32.1. The van der Waals surface area contributed by atoms with E-state index in [9.17, 15) is 61.0 Å². The molecule has 3 aliphatic heterocycles. The van der Waals surface area contributed by atoms with E-state index in [4.69, 9.17) is 28.4 Å². The third-order valence-corrected chi connectivity index (χ3v) is 22.3. The number of rotatable bonds is 73. The van der Waals surface area contributed by atoms with Crippen molar-refractivity contribution < 1.29 is 89.4 Å². The summed E-state index contributed by atoms with van der Waals surface area (Å²) < 4.78 is 34.5. The molecule has 3 heterocycles. The number of aliphatic hydroxyl groups excluding tert-OH is 11. The van der Waals surface area contributed by atoms with Gasteiger partial charge in [0.2, 0.25) is 5.91 Å². The molecule has 3 aliphatic rings. The van der Waals surface area contributed by atoms with Crippen LogP contribution in [0.5, 0.6) is 0 Å². The monoisotopic (exact) mass is 1540 g/mol. The van der Waals surface area contributed by atoms with Gasteiger partial charge in [-0.25, -0.2) is 0 Å². The Balaban J connectivity index is 1.31. The lowest BCUT2D eigenvalue weighted by Gasteiger charge is -2.48.